The molecule has 21 heavy (non-hydrogen) atoms. The molecule has 0 aliphatic carbocycles. The summed E-state index contributed by atoms with van der Waals surface area (Å²) in [5.41, 5.74) is 1.50. The number of rotatable bonds is 3. The number of hydrogen-bond acceptors (Lipinski definition) is 3. The number of benzene rings is 2. The first-order chi connectivity index (χ1) is 10.2. The summed E-state index contributed by atoms with van der Waals surface area (Å²) in [5.74, 6) is -0.839. The second-order valence-electron chi connectivity index (χ2n) is 4.32. The van der Waals surface area contributed by atoms with Gasteiger partial charge in [0.05, 0.1) is 11.4 Å². The first-order valence-electron chi connectivity index (χ1n) is 6.25. The Morgan fingerprint density at radius 3 is 2.76 bits per heavy atom. The summed E-state index contributed by atoms with van der Waals surface area (Å²) in [6.45, 7) is 0. The lowest BCUT2D eigenvalue weighted by molar-refractivity contribution is 0.102. The Kier molecular flexibility index (Phi) is 3.42. The number of anilines is 1. The summed E-state index contributed by atoms with van der Waals surface area (Å²) in [6, 6.07) is 12.7. The van der Waals surface area contributed by atoms with Crippen LogP contribution < -0.4 is 5.32 Å². The quantitative estimate of drug-likeness (QED) is 0.803. The predicted molar refractivity (Wildman–Crippen MR) is 75.7 cm³/mol. The molecule has 2 aromatic carbocycles. The van der Waals surface area contributed by atoms with E-state index in [-0.39, 0.29) is 11.5 Å². The molecule has 1 amide bonds. The summed E-state index contributed by atoms with van der Waals surface area (Å²) in [4.78, 5) is 16.0. The van der Waals surface area contributed by atoms with Crippen LogP contribution in [0.15, 0.2) is 61.2 Å². The van der Waals surface area contributed by atoms with E-state index in [4.69, 9.17) is 0 Å². The minimum atomic E-state index is -0.452. The van der Waals surface area contributed by atoms with E-state index >= 15 is 0 Å². The topological polar surface area (TPSA) is 59.8 Å². The van der Waals surface area contributed by atoms with Crippen LogP contribution in [0.1, 0.15) is 10.4 Å². The predicted octanol–water partition coefficient (Wildman–Crippen LogP) is 2.66. The summed E-state index contributed by atoms with van der Waals surface area (Å²) in [6.07, 6.45) is 2.94. The van der Waals surface area contributed by atoms with E-state index in [1.54, 1.807) is 28.9 Å². The van der Waals surface area contributed by atoms with Crippen LogP contribution in [0.25, 0.3) is 5.69 Å². The molecular weight excluding hydrogens is 271 g/mol. The lowest BCUT2D eigenvalue weighted by Gasteiger charge is -2.10. The van der Waals surface area contributed by atoms with Gasteiger partial charge in [0.2, 0.25) is 0 Å². The molecule has 0 aliphatic rings. The van der Waals surface area contributed by atoms with Gasteiger partial charge < -0.3 is 5.32 Å². The molecule has 0 bridgehead atoms. The smallest absolute Gasteiger partial charge is 0.255 e. The highest BCUT2D eigenvalue weighted by Crippen LogP contribution is 2.19. The molecule has 1 N–H and O–H groups in total. The Bertz CT molecular complexity index is 771. The van der Waals surface area contributed by atoms with Crippen LogP contribution in [0.4, 0.5) is 10.1 Å². The Morgan fingerprint density at radius 1 is 1.14 bits per heavy atom. The summed E-state index contributed by atoms with van der Waals surface area (Å²) in [5, 5.41) is 6.78. The molecule has 5 nitrogen and oxygen atoms in total. The molecule has 0 radical (unpaired) electrons. The Labute approximate surface area is 120 Å². The van der Waals surface area contributed by atoms with E-state index in [0.29, 0.717) is 11.4 Å². The van der Waals surface area contributed by atoms with E-state index in [0.717, 1.165) is 0 Å². The van der Waals surface area contributed by atoms with Crippen LogP contribution in [0.5, 0.6) is 0 Å². The molecule has 0 unspecified atom stereocenters. The maximum Gasteiger partial charge on any atom is 0.255 e. The number of nitrogens with zero attached hydrogens (tertiary/aromatic N) is 3. The lowest BCUT2D eigenvalue weighted by atomic mass is 10.2. The van der Waals surface area contributed by atoms with Crippen molar-refractivity contribution in [2.75, 3.05) is 5.32 Å². The van der Waals surface area contributed by atoms with Gasteiger partial charge in [-0.3, -0.25) is 4.79 Å². The van der Waals surface area contributed by atoms with E-state index in [1.807, 2.05) is 6.07 Å². The number of aromatic nitrogens is 3. The zero-order valence-electron chi connectivity index (χ0n) is 10.9. The molecular formula is C15H11FN4O. The second kappa shape index (κ2) is 5.54. The van der Waals surface area contributed by atoms with Crippen LogP contribution in [0.2, 0.25) is 0 Å². The molecule has 3 rings (SSSR count). The SMILES string of the molecule is O=C(Nc1ccccc1-n1cncn1)c1cccc(F)c1. The molecule has 0 saturated carbocycles. The highest BCUT2D eigenvalue weighted by molar-refractivity contribution is 6.05. The fourth-order valence-corrected chi connectivity index (χ4v) is 1.94. The molecule has 0 atom stereocenters. The van der Waals surface area contributed by atoms with Crippen LogP contribution in [-0.2, 0) is 0 Å². The number of para-hydroxylation sites is 2. The van der Waals surface area contributed by atoms with Crippen LogP contribution in [0, 0.1) is 5.82 Å². The molecule has 0 fully saturated rings. The van der Waals surface area contributed by atoms with Gasteiger partial charge in [-0.2, -0.15) is 5.10 Å². The first-order valence-corrected chi connectivity index (χ1v) is 6.25. The van der Waals surface area contributed by atoms with Gasteiger partial charge in [0.15, 0.2) is 0 Å². The maximum absolute atomic E-state index is 13.2. The third-order valence-electron chi connectivity index (χ3n) is 2.90. The first kappa shape index (κ1) is 13.0. The minimum absolute atomic E-state index is 0.253. The largest absolute Gasteiger partial charge is 0.320 e. The van der Waals surface area contributed by atoms with E-state index in [2.05, 4.69) is 15.4 Å². The zero-order chi connectivity index (χ0) is 14.7. The number of carbonyl (C=O) groups is 1. The molecule has 1 heterocycles. The standard InChI is InChI=1S/C15H11FN4O/c16-12-5-3-4-11(8-12)15(21)19-13-6-1-2-7-14(13)20-10-17-9-18-20/h1-10H,(H,19,21). The number of amides is 1. The third kappa shape index (κ3) is 2.79. The summed E-state index contributed by atoms with van der Waals surface area (Å²) < 4.78 is 14.7. The fourth-order valence-electron chi connectivity index (χ4n) is 1.94. The van der Waals surface area contributed by atoms with Gasteiger partial charge in [-0.15, -0.1) is 0 Å². The van der Waals surface area contributed by atoms with Crippen LogP contribution in [-0.4, -0.2) is 20.7 Å². The van der Waals surface area contributed by atoms with E-state index < -0.39 is 5.82 Å². The molecule has 0 spiro atoms. The van der Waals surface area contributed by atoms with Crippen molar-refractivity contribution in [3.63, 3.8) is 0 Å². The molecule has 0 aliphatic heterocycles. The van der Waals surface area contributed by atoms with Gasteiger partial charge in [0, 0.05) is 5.56 Å². The van der Waals surface area contributed by atoms with Crippen molar-refractivity contribution >= 4 is 11.6 Å². The second-order valence-corrected chi connectivity index (χ2v) is 4.32. The molecule has 0 saturated heterocycles. The van der Waals surface area contributed by atoms with Crippen molar-refractivity contribution in [2.24, 2.45) is 0 Å². The molecule has 3 aromatic rings. The molecule has 104 valence electrons. The highest BCUT2D eigenvalue weighted by Gasteiger charge is 2.10. The average molecular weight is 282 g/mol. The number of hydrogen-bond donors (Lipinski definition) is 1. The average Bonchev–Trinajstić information content (AvgIpc) is 3.02. The molecule has 6 heteroatoms. The normalized spacial score (nSPS) is 10.3. The third-order valence-corrected chi connectivity index (χ3v) is 2.90. The van der Waals surface area contributed by atoms with E-state index in [1.165, 1.54) is 30.9 Å². The van der Waals surface area contributed by atoms with Gasteiger partial charge in [-0.1, -0.05) is 18.2 Å². The number of nitrogens with one attached hydrogen (secondary N) is 1. The van der Waals surface area contributed by atoms with Gasteiger partial charge in [0.1, 0.15) is 18.5 Å². The lowest BCUT2D eigenvalue weighted by Crippen LogP contribution is -2.14. The monoisotopic (exact) mass is 282 g/mol. The van der Waals surface area contributed by atoms with Crippen molar-refractivity contribution < 1.29 is 9.18 Å². The van der Waals surface area contributed by atoms with Gasteiger partial charge in [0.25, 0.3) is 5.91 Å². The molecule has 1 aromatic heterocycles. The summed E-state index contributed by atoms with van der Waals surface area (Å²) in [7, 11) is 0. The van der Waals surface area contributed by atoms with Gasteiger partial charge in [-0.25, -0.2) is 14.1 Å². The number of halogens is 1. The van der Waals surface area contributed by atoms with Crippen molar-refractivity contribution in [3.8, 4) is 5.69 Å². The maximum atomic E-state index is 13.2. The summed E-state index contributed by atoms with van der Waals surface area (Å²) >= 11 is 0. The Balaban J connectivity index is 1.90. The Hall–Kier alpha value is -3.02. The van der Waals surface area contributed by atoms with Crippen molar-refractivity contribution in [3.05, 3.63) is 72.6 Å². The van der Waals surface area contributed by atoms with Gasteiger partial charge >= 0.3 is 0 Å². The zero-order valence-corrected chi connectivity index (χ0v) is 10.9. The Morgan fingerprint density at radius 2 is 2.00 bits per heavy atom. The number of carbonyl (C=O) groups excluding carboxylic acids is 1. The minimum Gasteiger partial charge on any atom is -0.320 e. The van der Waals surface area contributed by atoms with Crippen molar-refractivity contribution in [1.82, 2.24) is 14.8 Å². The highest BCUT2D eigenvalue weighted by atomic mass is 19.1. The van der Waals surface area contributed by atoms with Crippen molar-refractivity contribution in [2.45, 2.75) is 0 Å². The van der Waals surface area contributed by atoms with Crippen LogP contribution >= 0.6 is 0 Å². The fraction of sp³-hybridized carbons (Fsp3) is 0. The van der Waals surface area contributed by atoms with Gasteiger partial charge in [-0.05, 0) is 30.3 Å². The van der Waals surface area contributed by atoms with Crippen LogP contribution in [0.3, 0.4) is 0 Å². The van der Waals surface area contributed by atoms with Crippen molar-refractivity contribution in [1.29, 1.82) is 0 Å². The van der Waals surface area contributed by atoms with E-state index in [9.17, 15) is 9.18 Å².